The fourth-order valence-corrected chi connectivity index (χ4v) is 2.00. The molecule has 1 aromatic carbocycles. The molecular formula is C14H11ClN4O2. The van der Waals surface area contributed by atoms with Gasteiger partial charge in [0, 0.05) is 11.8 Å². The first-order valence-corrected chi connectivity index (χ1v) is 6.46. The smallest absolute Gasteiger partial charge is 0.224 e. The van der Waals surface area contributed by atoms with E-state index in [0.717, 1.165) is 11.3 Å². The van der Waals surface area contributed by atoms with Crippen LogP contribution in [0.5, 0.6) is 5.75 Å². The summed E-state index contributed by atoms with van der Waals surface area (Å²) in [5, 5.41) is 3.35. The van der Waals surface area contributed by atoms with Crippen molar-refractivity contribution in [3.05, 3.63) is 48.3 Å². The third kappa shape index (κ3) is 2.95. The van der Waals surface area contributed by atoms with Crippen LogP contribution >= 0.6 is 11.6 Å². The maximum atomic E-state index is 5.79. The van der Waals surface area contributed by atoms with Gasteiger partial charge in [0.15, 0.2) is 12.2 Å². The summed E-state index contributed by atoms with van der Waals surface area (Å²) in [5.74, 6) is 1.92. The Morgan fingerprint density at radius 1 is 1.29 bits per heavy atom. The quantitative estimate of drug-likeness (QED) is 0.743. The molecule has 1 N–H and O–H groups in total. The Hall–Kier alpha value is -2.60. The number of hydrogen-bond donors (Lipinski definition) is 1. The molecule has 0 spiro atoms. The van der Waals surface area contributed by atoms with Crippen LogP contribution in [-0.4, -0.2) is 22.1 Å². The van der Waals surface area contributed by atoms with Gasteiger partial charge in [-0.2, -0.15) is 0 Å². The highest BCUT2D eigenvalue weighted by Crippen LogP contribution is 2.33. The molecule has 0 bridgehead atoms. The molecule has 3 aromatic rings. The zero-order valence-corrected chi connectivity index (χ0v) is 11.8. The lowest BCUT2D eigenvalue weighted by Gasteiger charge is -2.11. The second kappa shape index (κ2) is 5.80. The van der Waals surface area contributed by atoms with Crippen LogP contribution in [-0.2, 0) is 0 Å². The molecule has 0 saturated carbocycles. The number of ether oxygens (including phenoxy) is 1. The second-order valence-electron chi connectivity index (χ2n) is 4.11. The van der Waals surface area contributed by atoms with Gasteiger partial charge in [-0.1, -0.05) is 0 Å². The number of aromatic nitrogens is 3. The van der Waals surface area contributed by atoms with Crippen LogP contribution in [0.1, 0.15) is 0 Å². The average Bonchev–Trinajstić information content (AvgIpc) is 3.02. The summed E-state index contributed by atoms with van der Waals surface area (Å²) >= 11 is 5.79. The Kier molecular flexibility index (Phi) is 3.70. The van der Waals surface area contributed by atoms with E-state index >= 15 is 0 Å². The van der Waals surface area contributed by atoms with E-state index in [-0.39, 0.29) is 5.28 Å². The molecule has 2 heterocycles. The predicted molar refractivity (Wildman–Crippen MR) is 78.8 cm³/mol. The Morgan fingerprint density at radius 2 is 2.19 bits per heavy atom. The van der Waals surface area contributed by atoms with Gasteiger partial charge in [0.05, 0.1) is 19.0 Å². The van der Waals surface area contributed by atoms with Gasteiger partial charge in [0.25, 0.3) is 0 Å². The van der Waals surface area contributed by atoms with E-state index < -0.39 is 0 Å². The molecule has 106 valence electrons. The van der Waals surface area contributed by atoms with E-state index in [9.17, 15) is 0 Å². The summed E-state index contributed by atoms with van der Waals surface area (Å²) in [4.78, 5) is 11.9. The number of oxazole rings is 1. The van der Waals surface area contributed by atoms with Crippen molar-refractivity contribution >= 4 is 23.1 Å². The van der Waals surface area contributed by atoms with Crippen LogP contribution in [0.3, 0.4) is 0 Å². The maximum Gasteiger partial charge on any atom is 0.224 e. The van der Waals surface area contributed by atoms with Crippen molar-refractivity contribution in [1.82, 2.24) is 15.0 Å². The summed E-state index contributed by atoms with van der Waals surface area (Å²) in [5.41, 5.74) is 1.60. The lowest BCUT2D eigenvalue weighted by atomic mass is 10.1. The first kappa shape index (κ1) is 13.4. The number of nitrogens with zero attached hydrogens (tertiary/aromatic N) is 3. The molecule has 0 aliphatic rings. The molecule has 0 unspecified atom stereocenters. The zero-order chi connectivity index (χ0) is 14.7. The number of halogens is 1. The van der Waals surface area contributed by atoms with Gasteiger partial charge in [-0.15, -0.1) is 0 Å². The summed E-state index contributed by atoms with van der Waals surface area (Å²) < 4.78 is 10.6. The number of anilines is 2. The SMILES string of the molecule is COc1ccc(Nc2ccnc(Cl)n2)c(-c2cnco2)c1. The largest absolute Gasteiger partial charge is 0.497 e. The Labute approximate surface area is 125 Å². The number of benzene rings is 1. The molecule has 3 rings (SSSR count). The maximum absolute atomic E-state index is 5.79. The summed E-state index contributed by atoms with van der Waals surface area (Å²) in [6, 6.07) is 7.28. The highest BCUT2D eigenvalue weighted by atomic mass is 35.5. The van der Waals surface area contributed by atoms with Crippen LogP contribution in [0.15, 0.2) is 47.5 Å². The summed E-state index contributed by atoms with van der Waals surface area (Å²) in [6.07, 6.45) is 4.59. The summed E-state index contributed by atoms with van der Waals surface area (Å²) in [7, 11) is 1.61. The highest BCUT2D eigenvalue weighted by Gasteiger charge is 2.11. The minimum absolute atomic E-state index is 0.176. The van der Waals surface area contributed by atoms with Gasteiger partial charge in [-0.05, 0) is 35.9 Å². The first-order valence-electron chi connectivity index (χ1n) is 6.09. The minimum Gasteiger partial charge on any atom is -0.497 e. The monoisotopic (exact) mass is 302 g/mol. The molecule has 0 fully saturated rings. The van der Waals surface area contributed by atoms with Crippen LogP contribution in [0.25, 0.3) is 11.3 Å². The first-order chi connectivity index (χ1) is 10.3. The second-order valence-corrected chi connectivity index (χ2v) is 4.45. The van der Waals surface area contributed by atoms with Crippen molar-refractivity contribution in [2.45, 2.75) is 0 Å². The van der Waals surface area contributed by atoms with Crippen molar-refractivity contribution in [1.29, 1.82) is 0 Å². The van der Waals surface area contributed by atoms with Gasteiger partial charge in [0.1, 0.15) is 11.6 Å². The van der Waals surface area contributed by atoms with Gasteiger partial charge >= 0.3 is 0 Å². The fraction of sp³-hybridized carbons (Fsp3) is 0.0714. The number of methoxy groups -OCH3 is 1. The Bertz CT molecular complexity index is 746. The van der Waals surface area contributed by atoms with E-state index in [1.807, 2.05) is 18.2 Å². The molecule has 21 heavy (non-hydrogen) atoms. The number of rotatable bonds is 4. The molecule has 0 amide bonds. The van der Waals surface area contributed by atoms with E-state index in [2.05, 4.69) is 20.3 Å². The number of hydrogen-bond acceptors (Lipinski definition) is 6. The van der Waals surface area contributed by atoms with Crippen molar-refractivity contribution in [2.75, 3.05) is 12.4 Å². The molecular weight excluding hydrogens is 292 g/mol. The third-order valence-electron chi connectivity index (χ3n) is 2.81. The molecule has 0 saturated heterocycles. The molecule has 2 aromatic heterocycles. The normalized spacial score (nSPS) is 10.4. The Balaban J connectivity index is 2.01. The molecule has 7 heteroatoms. The third-order valence-corrected chi connectivity index (χ3v) is 3.00. The van der Waals surface area contributed by atoms with Crippen LogP contribution in [0, 0.1) is 0 Å². The average molecular weight is 303 g/mol. The van der Waals surface area contributed by atoms with Gasteiger partial charge < -0.3 is 14.5 Å². The van der Waals surface area contributed by atoms with Crippen LogP contribution < -0.4 is 10.1 Å². The van der Waals surface area contributed by atoms with Crippen molar-refractivity contribution in [2.24, 2.45) is 0 Å². The van der Waals surface area contributed by atoms with Crippen molar-refractivity contribution in [3.8, 4) is 17.1 Å². The van der Waals surface area contributed by atoms with E-state index in [0.29, 0.717) is 17.3 Å². The van der Waals surface area contributed by atoms with Crippen LogP contribution in [0.2, 0.25) is 5.28 Å². The van der Waals surface area contributed by atoms with Crippen LogP contribution in [0.4, 0.5) is 11.5 Å². The lowest BCUT2D eigenvalue weighted by Crippen LogP contribution is -1.97. The van der Waals surface area contributed by atoms with Crippen molar-refractivity contribution < 1.29 is 9.15 Å². The zero-order valence-electron chi connectivity index (χ0n) is 11.1. The van der Waals surface area contributed by atoms with E-state index in [1.54, 1.807) is 25.6 Å². The molecule has 0 radical (unpaired) electrons. The fourth-order valence-electron chi connectivity index (χ4n) is 1.85. The standard InChI is InChI=1S/C14H11ClN4O2/c1-20-9-2-3-11(10(6-9)12-7-16-8-21-12)18-13-4-5-17-14(15)19-13/h2-8H,1H3,(H,17,18,19). The topological polar surface area (TPSA) is 73.1 Å². The highest BCUT2D eigenvalue weighted by molar-refractivity contribution is 6.28. The van der Waals surface area contributed by atoms with Crippen molar-refractivity contribution in [3.63, 3.8) is 0 Å². The molecule has 6 nitrogen and oxygen atoms in total. The number of nitrogens with one attached hydrogen (secondary N) is 1. The predicted octanol–water partition coefficient (Wildman–Crippen LogP) is 3.54. The minimum atomic E-state index is 0.176. The molecule has 0 aliphatic carbocycles. The van der Waals surface area contributed by atoms with E-state index in [1.165, 1.54) is 6.39 Å². The lowest BCUT2D eigenvalue weighted by molar-refractivity contribution is 0.415. The summed E-state index contributed by atoms with van der Waals surface area (Å²) in [6.45, 7) is 0. The van der Waals surface area contributed by atoms with Gasteiger partial charge in [-0.25, -0.2) is 15.0 Å². The molecule has 0 aliphatic heterocycles. The molecule has 0 atom stereocenters. The van der Waals surface area contributed by atoms with Gasteiger partial charge in [0.2, 0.25) is 5.28 Å². The Morgan fingerprint density at radius 3 is 2.90 bits per heavy atom. The van der Waals surface area contributed by atoms with E-state index in [4.69, 9.17) is 20.8 Å². The van der Waals surface area contributed by atoms with Gasteiger partial charge in [-0.3, -0.25) is 0 Å².